The quantitative estimate of drug-likeness (QED) is 0.794. The Hall–Kier alpha value is -2.63. The van der Waals surface area contributed by atoms with Gasteiger partial charge in [-0.05, 0) is 67.0 Å². The number of rotatable bonds is 6. The Bertz CT molecular complexity index is 896. The Morgan fingerprint density at radius 1 is 1.14 bits per heavy atom. The molecule has 0 bridgehead atoms. The molecular formula is C22H23F2NO3. The molecule has 0 unspecified atom stereocenters. The normalized spacial score (nSPS) is 16.4. The number of carboxylic acids is 1. The van der Waals surface area contributed by atoms with Crippen LogP contribution in [-0.4, -0.2) is 23.7 Å². The first-order chi connectivity index (χ1) is 13.5. The van der Waals surface area contributed by atoms with Gasteiger partial charge in [0.05, 0.1) is 11.8 Å². The Balaban J connectivity index is 1.52. The molecule has 2 aromatic carbocycles. The summed E-state index contributed by atoms with van der Waals surface area (Å²) in [7, 11) is 0. The highest BCUT2D eigenvalue weighted by atomic mass is 19.1. The van der Waals surface area contributed by atoms with Gasteiger partial charge in [0.25, 0.3) is 0 Å². The number of aryl methyl sites for hydroxylation is 1. The van der Waals surface area contributed by atoms with Gasteiger partial charge < -0.3 is 14.7 Å². The average molecular weight is 387 g/mol. The number of hydrogen-bond donors (Lipinski definition) is 1. The lowest BCUT2D eigenvalue weighted by atomic mass is 9.94. The van der Waals surface area contributed by atoms with Crippen molar-refractivity contribution in [3.8, 4) is 5.75 Å². The van der Waals surface area contributed by atoms with E-state index in [0.29, 0.717) is 36.5 Å². The molecule has 0 amide bonds. The number of carbonyl (C=O) groups is 1. The third-order valence-corrected chi connectivity index (χ3v) is 5.60. The van der Waals surface area contributed by atoms with E-state index in [1.54, 1.807) is 18.2 Å². The van der Waals surface area contributed by atoms with Gasteiger partial charge in [0.1, 0.15) is 17.4 Å². The van der Waals surface area contributed by atoms with Crippen LogP contribution in [0.25, 0.3) is 0 Å². The van der Waals surface area contributed by atoms with Crippen LogP contribution >= 0.6 is 0 Å². The van der Waals surface area contributed by atoms with Crippen LogP contribution in [0.2, 0.25) is 0 Å². The molecule has 2 aromatic rings. The third kappa shape index (κ3) is 3.96. The number of benzene rings is 2. The number of fused-ring (bicyclic) bond motifs is 1. The Morgan fingerprint density at radius 2 is 1.96 bits per heavy atom. The van der Waals surface area contributed by atoms with E-state index in [-0.39, 0.29) is 24.8 Å². The summed E-state index contributed by atoms with van der Waals surface area (Å²) >= 11 is 0. The molecule has 148 valence electrons. The van der Waals surface area contributed by atoms with E-state index < -0.39 is 11.8 Å². The van der Waals surface area contributed by atoms with Gasteiger partial charge in [-0.1, -0.05) is 6.07 Å². The van der Waals surface area contributed by atoms with Crippen LogP contribution in [0.4, 0.5) is 14.5 Å². The minimum Gasteiger partial charge on any atom is -0.490 e. The van der Waals surface area contributed by atoms with E-state index in [1.807, 2.05) is 4.90 Å². The molecule has 0 aromatic heterocycles. The summed E-state index contributed by atoms with van der Waals surface area (Å²) in [5.41, 5.74) is 2.71. The maximum atomic E-state index is 14.5. The van der Waals surface area contributed by atoms with E-state index >= 15 is 0 Å². The van der Waals surface area contributed by atoms with Crippen LogP contribution < -0.4 is 9.64 Å². The van der Waals surface area contributed by atoms with Crippen molar-refractivity contribution in [2.24, 2.45) is 0 Å². The van der Waals surface area contributed by atoms with Crippen LogP contribution in [-0.2, 0) is 24.2 Å². The summed E-state index contributed by atoms with van der Waals surface area (Å²) in [6.45, 7) is 1.02. The number of ether oxygens (including phenoxy) is 1. The van der Waals surface area contributed by atoms with Crippen LogP contribution in [0.3, 0.4) is 0 Å². The van der Waals surface area contributed by atoms with Gasteiger partial charge >= 0.3 is 5.97 Å². The van der Waals surface area contributed by atoms with Gasteiger partial charge in [-0.2, -0.15) is 0 Å². The first-order valence-corrected chi connectivity index (χ1v) is 9.73. The fourth-order valence-electron chi connectivity index (χ4n) is 3.76. The highest BCUT2D eigenvalue weighted by Gasteiger charge is 2.23. The van der Waals surface area contributed by atoms with Crippen molar-refractivity contribution in [3.63, 3.8) is 0 Å². The van der Waals surface area contributed by atoms with Crippen LogP contribution in [0.15, 0.2) is 30.3 Å². The predicted octanol–water partition coefficient (Wildman–Crippen LogP) is 4.48. The van der Waals surface area contributed by atoms with Gasteiger partial charge in [0.2, 0.25) is 0 Å². The van der Waals surface area contributed by atoms with Crippen molar-refractivity contribution >= 4 is 11.7 Å². The van der Waals surface area contributed by atoms with Gasteiger partial charge in [-0.3, -0.25) is 4.79 Å². The zero-order chi connectivity index (χ0) is 19.7. The second-order valence-corrected chi connectivity index (χ2v) is 7.56. The SMILES string of the molecule is O=C(O)CCc1cc2c(cc1F)CN(c1cc(OC3CCC3)ccc1F)CC2. The van der Waals surface area contributed by atoms with Gasteiger partial charge in [0, 0.05) is 25.6 Å². The average Bonchev–Trinajstić information content (AvgIpc) is 2.63. The zero-order valence-corrected chi connectivity index (χ0v) is 15.6. The summed E-state index contributed by atoms with van der Waals surface area (Å²) in [5.74, 6) is -0.989. The molecule has 1 aliphatic heterocycles. The standard InChI is InChI=1S/C22H23F2NO3/c23-19-6-5-18(28-17-2-1-3-17)12-21(19)25-9-8-14-10-15(4-7-22(26)27)20(24)11-16(14)13-25/h5-6,10-12,17H,1-4,7-9,13H2,(H,26,27). The molecule has 4 nitrogen and oxygen atoms in total. The van der Waals surface area contributed by atoms with Crippen molar-refractivity contribution in [2.75, 3.05) is 11.4 Å². The summed E-state index contributed by atoms with van der Waals surface area (Å²) in [6.07, 6.45) is 4.19. The smallest absolute Gasteiger partial charge is 0.303 e. The van der Waals surface area contributed by atoms with Crippen molar-refractivity contribution < 1.29 is 23.4 Å². The highest BCUT2D eigenvalue weighted by Crippen LogP contribution is 2.33. The molecule has 1 aliphatic carbocycles. The lowest BCUT2D eigenvalue weighted by molar-refractivity contribution is -0.136. The number of carboxylic acid groups (broad SMARTS) is 1. The number of hydrogen-bond acceptors (Lipinski definition) is 3. The predicted molar refractivity (Wildman–Crippen MR) is 102 cm³/mol. The molecule has 0 atom stereocenters. The molecule has 0 saturated heterocycles. The van der Waals surface area contributed by atoms with E-state index in [9.17, 15) is 13.6 Å². The van der Waals surface area contributed by atoms with Crippen LogP contribution in [0, 0.1) is 11.6 Å². The van der Waals surface area contributed by atoms with Crippen molar-refractivity contribution in [3.05, 3.63) is 58.7 Å². The largest absolute Gasteiger partial charge is 0.490 e. The summed E-state index contributed by atoms with van der Waals surface area (Å²) in [6, 6.07) is 8.04. The summed E-state index contributed by atoms with van der Waals surface area (Å²) in [5, 5.41) is 8.81. The van der Waals surface area contributed by atoms with Crippen molar-refractivity contribution in [1.82, 2.24) is 0 Å². The molecule has 2 aliphatic rings. The molecule has 6 heteroatoms. The lowest BCUT2D eigenvalue weighted by Crippen LogP contribution is -2.31. The first kappa shape index (κ1) is 18.7. The molecule has 0 spiro atoms. The fraction of sp³-hybridized carbons (Fsp3) is 0.409. The third-order valence-electron chi connectivity index (χ3n) is 5.60. The maximum Gasteiger partial charge on any atom is 0.303 e. The molecule has 4 rings (SSSR count). The van der Waals surface area contributed by atoms with Crippen molar-refractivity contribution in [2.45, 2.75) is 51.2 Å². The Morgan fingerprint density at radius 3 is 2.68 bits per heavy atom. The minimum absolute atomic E-state index is 0.0964. The number of aliphatic carboxylic acids is 1. The molecule has 1 fully saturated rings. The Labute approximate surface area is 162 Å². The van der Waals surface area contributed by atoms with Gasteiger partial charge in [-0.15, -0.1) is 0 Å². The second kappa shape index (κ2) is 7.78. The number of nitrogens with zero attached hydrogens (tertiary/aromatic N) is 1. The van der Waals surface area contributed by atoms with Gasteiger partial charge in [-0.25, -0.2) is 8.78 Å². The molecule has 1 saturated carbocycles. The van der Waals surface area contributed by atoms with Crippen LogP contribution in [0.1, 0.15) is 42.4 Å². The van der Waals surface area contributed by atoms with E-state index in [1.165, 1.54) is 18.6 Å². The number of halogens is 2. The summed E-state index contributed by atoms with van der Waals surface area (Å²) < 4.78 is 34.7. The topological polar surface area (TPSA) is 49.8 Å². The van der Waals surface area contributed by atoms with Gasteiger partial charge in [0.15, 0.2) is 0 Å². The monoisotopic (exact) mass is 387 g/mol. The molecule has 1 N–H and O–H groups in total. The van der Waals surface area contributed by atoms with E-state index in [0.717, 1.165) is 24.0 Å². The van der Waals surface area contributed by atoms with Crippen LogP contribution in [0.5, 0.6) is 5.75 Å². The molecular weight excluding hydrogens is 364 g/mol. The first-order valence-electron chi connectivity index (χ1n) is 9.73. The highest BCUT2D eigenvalue weighted by molar-refractivity contribution is 5.67. The lowest BCUT2D eigenvalue weighted by Gasteiger charge is -2.32. The maximum absolute atomic E-state index is 14.5. The zero-order valence-electron chi connectivity index (χ0n) is 15.6. The van der Waals surface area contributed by atoms with E-state index in [2.05, 4.69) is 0 Å². The Kier molecular flexibility index (Phi) is 5.20. The molecule has 28 heavy (non-hydrogen) atoms. The van der Waals surface area contributed by atoms with E-state index in [4.69, 9.17) is 9.84 Å². The van der Waals surface area contributed by atoms with Crippen molar-refractivity contribution in [1.29, 1.82) is 0 Å². The molecule has 0 radical (unpaired) electrons. The fourth-order valence-corrected chi connectivity index (χ4v) is 3.76. The second-order valence-electron chi connectivity index (χ2n) is 7.56. The number of anilines is 1. The summed E-state index contributed by atoms with van der Waals surface area (Å²) in [4.78, 5) is 12.7. The minimum atomic E-state index is -0.942. The molecule has 1 heterocycles.